The van der Waals surface area contributed by atoms with Crippen LogP contribution in [-0.4, -0.2) is 38.3 Å². The zero-order valence-electron chi connectivity index (χ0n) is 23.0. The Morgan fingerprint density at radius 2 is 1.71 bits per heavy atom. The molecule has 1 aliphatic heterocycles. The molecule has 14 heteroatoms. The maximum atomic E-state index is 11.1. The fourth-order valence-electron chi connectivity index (χ4n) is 4.06. The first-order valence-corrected chi connectivity index (χ1v) is 13.5. The summed E-state index contributed by atoms with van der Waals surface area (Å²) in [5.41, 5.74) is 1.44. The Morgan fingerprint density at radius 1 is 1.07 bits per heavy atom. The monoisotopic (exact) mass is 619 g/mol. The van der Waals surface area contributed by atoms with Crippen LogP contribution in [0.5, 0.6) is 0 Å². The van der Waals surface area contributed by atoms with Crippen molar-refractivity contribution < 1.29 is 82.0 Å². The van der Waals surface area contributed by atoms with Crippen molar-refractivity contribution in [3.05, 3.63) is 111 Å². The van der Waals surface area contributed by atoms with Crippen LogP contribution in [-0.2, 0) is 10.1 Å². The van der Waals surface area contributed by atoms with Gasteiger partial charge in [0, 0.05) is 29.9 Å². The van der Waals surface area contributed by atoms with Crippen LogP contribution in [0.1, 0.15) is 22.3 Å². The number of nitrogens with zero attached hydrogens (tertiary/aromatic N) is 5. The minimum absolute atomic E-state index is 0. The fourth-order valence-corrected chi connectivity index (χ4v) is 4.71. The first-order chi connectivity index (χ1) is 19.0. The predicted molar refractivity (Wildman–Crippen MR) is 147 cm³/mol. The van der Waals surface area contributed by atoms with E-state index < -0.39 is 21.8 Å². The summed E-state index contributed by atoms with van der Waals surface area (Å²) in [6.07, 6.45) is 6.36. The predicted octanol–water partition coefficient (Wildman–Crippen LogP) is -2.40. The molecule has 10 nitrogen and oxygen atoms in total. The van der Waals surface area contributed by atoms with Gasteiger partial charge in [-0.15, -0.1) is 0 Å². The molecule has 202 valence electrons. The molecule has 0 saturated carbocycles. The van der Waals surface area contributed by atoms with Crippen molar-refractivity contribution in [2.75, 3.05) is 29.1 Å². The van der Waals surface area contributed by atoms with Gasteiger partial charge < -0.3 is 24.3 Å². The van der Waals surface area contributed by atoms with Crippen molar-refractivity contribution in [3.63, 3.8) is 0 Å². The molecule has 2 aromatic rings. The van der Waals surface area contributed by atoms with Crippen molar-refractivity contribution in [1.29, 1.82) is 10.5 Å². The summed E-state index contributed by atoms with van der Waals surface area (Å²) >= 11 is 6.18. The second-order valence-corrected chi connectivity index (χ2v) is 10.3. The molecule has 0 unspecified atom stereocenters. The molecular weight excluding hydrogens is 600 g/mol. The summed E-state index contributed by atoms with van der Waals surface area (Å²) in [5, 5.41) is 30.9. The molecule has 1 heterocycles. The van der Waals surface area contributed by atoms with Gasteiger partial charge in [-0.25, -0.2) is 18.5 Å². The molecule has 0 N–H and O–H groups in total. The van der Waals surface area contributed by atoms with E-state index in [-0.39, 0.29) is 94.5 Å². The van der Waals surface area contributed by atoms with Gasteiger partial charge in [0.15, 0.2) is 0 Å². The number of carbonyl (C=O) groups is 1. The molecule has 0 atom stereocenters. The molecule has 0 spiro atoms. The number of nitriles is 2. The molecule has 1 aliphatic rings. The second-order valence-electron chi connectivity index (χ2n) is 8.37. The number of rotatable bonds is 9. The van der Waals surface area contributed by atoms with E-state index in [4.69, 9.17) is 18.2 Å². The molecule has 0 aromatic heterocycles. The third-order valence-electron chi connectivity index (χ3n) is 5.86. The molecule has 0 aliphatic carbocycles. The van der Waals surface area contributed by atoms with E-state index in [1.165, 1.54) is 36.4 Å². The van der Waals surface area contributed by atoms with Gasteiger partial charge in [-0.3, -0.25) is 0 Å². The third kappa shape index (κ3) is 9.32. The number of carboxylic acids is 1. The van der Waals surface area contributed by atoms with Crippen LogP contribution in [0.25, 0.3) is 10.4 Å². The molecule has 42 heavy (non-hydrogen) atoms. The van der Waals surface area contributed by atoms with E-state index in [1.807, 2.05) is 21.9 Å². The number of aromatic carboxylic acids is 1. The maximum absolute atomic E-state index is 11.1. The van der Waals surface area contributed by atoms with E-state index in [2.05, 4.69) is 4.85 Å². The van der Waals surface area contributed by atoms with Gasteiger partial charge in [0.1, 0.15) is 5.82 Å². The van der Waals surface area contributed by atoms with Crippen LogP contribution < -0.4 is 74.0 Å². The normalized spacial score (nSPS) is 14.2. The van der Waals surface area contributed by atoms with Crippen molar-refractivity contribution in [1.82, 2.24) is 0 Å². The van der Waals surface area contributed by atoms with Crippen molar-refractivity contribution in [3.8, 4) is 12.1 Å². The van der Waals surface area contributed by atoms with Gasteiger partial charge >= 0.3 is 59.1 Å². The van der Waals surface area contributed by atoms with Crippen molar-refractivity contribution in [2.24, 2.45) is 0 Å². The van der Waals surface area contributed by atoms with Crippen molar-refractivity contribution in [2.45, 2.75) is 6.42 Å². The van der Waals surface area contributed by atoms with E-state index in [0.29, 0.717) is 16.4 Å². The van der Waals surface area contributed by atoms with E-state index in [1.54, 1.807) is 37.4 Å². The number of carboxylic acid groups (broad SMARTS) is 1. The summed E-state index contributed by atoms with van der Waals surface area (Å²) in [7, 11) is -2.58. The average Bonchev–Trinajstić information content (AvgIpc) is 3.17. The van der Waals surface area contributed by atoms with Crippen LogP contribution in [0.4, 0.5) is 11.4 Å². The van der Waals surface area contributed by atoms with Crippen LogP contribution in [0.15, 0.2) is 83.9 Å². The molecule has 3 rings (SSSR count). The number of hydrogen-bond donors (Lipinski definition) is 0. The van der Waals surface area contributed by atoms with E-state index in [9.17, 15) is 33.4 Å². The Labute approximate surface area is 293 Å². The Hall–Kier alpha value is -2.86. The molecule has 0 radical (unpaired) electrons. The fraction of sp³-hybridized carbons (Fsp3) is 0.143. The van der Waals surface area contributed by atoms with Gasteiger partial charge in [0.05, 0.1) is 51.7 Å². The Bertz CT molecular complexity index is 1680. The van der Waals surface area contributed by atoms with Gasteiger partial charge in [0.25, 0.3) is 5.70 Å². The number of carbonyl (C=O) groups excluding carboxylic acids is 1. The molecule has 0 saturated heterocycles. The van der Waals surface area contributed by atoms with Crippen LogP contribution in [0.3, 0.4) is 0 Å². The Kier molecular flexibility index (Phi) is 14.8. The third-order valence-corrected chi connectivity index (χ3v) is 6.88. The quantitative estimate of drug-likeness (QED) is 0.0982. The Morgan fingerprint density at radius 3 is 2.26 bits per heavy atom. The first-order valence-electron chi connectivity index (χ1n) is 11.6. The van der Waals surface area contributed by atoms with E-state index in [0.717, 1.165) is 11.4 Å². The number of fused-ring (bicyclic) bond motifs is 1. The summed E-state index contributed by atoms with van der Waals surface area (Å²) in [6, 6.07) is 14.3. The summed E-state index contributed by atoms with van der Waals surface area (Å²) in [4.78, 5) is 18.0. The zero-order valence-corrected chi connectivity index (χ0v) is 28.6. The smallest absolute Gasteiger partial charge is 0.748 e. The first kappa shape index (κ1) is 37.2. The number of anilines is 2. The van der Waals surface area contributed by atoms with E-state index >= 15 is 0 Å². The standard InChI is InChI=1S/C28H22ClN5O5S.2Na/c1-32-23(18-31)27(19-8-10-20(11-9-19)28(35)36)21(17-30)6-3-4-7-26-33(2)24-13-12-22(29)16-25(24)34(26)14-5-15-40(37,38)39;;/h3-4,6-13,16H,5,14-15H2,2H3,(H,35,36)(H,37,38,39);;/q;2*+1/p-2/b4-3+,21-6+,26-7+,27-23+;;. The Balaban J connectivity index is 0.00000441. The largest absolute Gasteiger partial charge is 1.00 e. The SMILES string of the molecule is [C-]#[N+]/C(C#N)=C(/C(C#N)=C/C=C/C=C1\N(C)c2ccc(Cl)cc2N1CCCS(=O)(=O)[O-])c1ccc(C(=O)[O-])cc1.[Na+].[Na+]. The minimum atomic E-state index is -4.38. The summed E-state index contributed by atoms with van der Waals surface area (Å²) in [6.45, 7) is 7.59. The number of allylic oxidation sites excluding steroid dienone is 7. The van der Waals surface area contributed by atoms with Crippen molar-refractivity contribution >= 4 is 44.6 Å². The topological polar surface area (TPSA) is 156 Å². The summed E-state index contributed by atoms with van der Waals surface area (Å²) in [5.74, 6) is -1.27. The molecule has 0 fully saturated rings. The number of benzene rings is 2. The summed E-state index contributed by atoms with van der Waals surface area (Å²) < 4.78 is 33.3. The second kappa shape index (κ2) is 16.7. The average molecular weight is 620 g/mol. The van der Waals surface area contributed by atoms with Gasteiger partial charge in [-0.05, 0) is 47.9 Å². The van der Waals surface area contributed by atoms with Crippen LogP contribution in [0.2, 0.25) is 5.02 Å². The van der Waals surface area contributed by atoms with Gasteiger partial charge in [-0.1, -0.05) is 48.0 Å². The van der Waals surface area contributed by atoms with Crippen LogP contribution >= 0.6 is 11.6 Å². The molecule has 2 aromatic carbocycles. The molecular formula is C28H20ClN5Na2O5S. The molecule has 0 bridgehead atoms. The minimum Gasteiger partial charge on any atom is -0.748 e. The van der Waals surface area contributed by atoms with Gasteiger partial charge in [0.2, 0.25) is 0 Å². The van der Waals surface area contributed by atoms with Crippen LogP contribution in [0, 0.1) is 29.2 Å². The van der Waals surface area contributed by atoms with Gasteiger partial charge in [-0.2, -0.15) is 5.26 Å². The number of halogens is 1. The zero-order chi connectivity index (χ0) is 29.4. The number of hydrogen-bond acceptors (Lipinski definition) is 9. The maximum Gasteiger partial charge on any atom is 1.00 e. The molecule has 0 amide bonds.